The molecule has 0 aliphatic carbocycles. The van der Waals surface area contributed by atoms with Crippen molar-refractivity contribution >= 4 is 36.0 Å². The Bertz CT molecular complexity index is 444. The number of hydrogen-bond acceptors (Lipinski definition) is 4. The van der Waals surface area contributed by atoms with Crippen LogP contribution in [-0.4, -0.2) is 56.0 Å². The average molecular weight is 486 g/mol. The highest BCUT2D eigenvalue weighted by Gasteiger charge is 2.30. The third-order valence-electron chi connectivity index (χ3n) is 4.17. The normalized spacial score (nSPS) is 12.9. The molecule has 3 N–H and O–H groups in total. The molecule has 0 unspecified atom stereocenters. The van der Waals surface area contributed by atoms with Crippen LogP contribution in [0.25, 0.3) is 0 Å². The zero-order valence-corrected chi connectivity index (χ0v) is 20.2. The van der Waals surface area contributed by atoms with Gasteiger partial charge in [0.25, 0.3) is 0 Å². The molecular formula is C18H39IN4O3. The van der Waals surface area contributed by atoms with Crippen LogP contribution in [-0.2, 0) is 9.47 Å². The fourth-order valence-corrected chi connectivity index (χ4v) is 2.08. The van der Waals surface area contributed by atoms with Crippen molar-refractivity contribution in [2.24, 2.45) is 4.99 Å². The van der Waals surface area contributed by atoms with E-state index in [1.54, 1.807) is 14.2 Å². The standard InChI is InChI=1S/C18H38N4O3.HI/c1-10-18(11-2,22-15(23)25-16(3,4)5)13-21-14(19-8)20-12-17(6,7)24-9;/h10-13H2,1-9H3,(H,22,23)(H2,19,20,21);1H. The van der Waals surface area contributed by atoms with Gasteiger partial charge in [-0.3, -0.25) is 4.99 Å². The second-order valence-corrected chi connectivity index (χ2v) is 7.86. The van der Waals surface area contributed by atoms with Crippen LogP contribution in [0.15, 0.2) is 4.99 Å². The van der Waals surface area contributed by atoms with Crippen molar-refractivity contribution < 1.29 is 14.3 Å². The molecule has 0 aromatic rings. The van der Waals surface area contributed by atoms with Crippen molar-refractivity contribution in [3.63, 3.8) is 0 Å². The molecule has 0 spiro atoms. The van der Waals surface area contributed by atoms with E-state index in [-0.39, 0.29) is 29.6 Å². The summed E-state index contributed by atoms with van der Waals surface area (Å²) in [5, 5.41) is 9.55. The highest BCUT2D eigenvalue weighted by Crippen LogP contribution is 2.16. The molecule has 0 saturated carbocycles. The lowest BCUT2D eigenvalue weighted by molar-refractivity contribution is 0.0268. The van der Waals surface area contributed by atoms with E-state index in [0.717, 1.165) is 12.8 Å². The lowest BCUT2D eigenvalue weighted by Crippen LogP contribution is -2.57. The van der Waals surface area contributed by atoms with Crippen molar-refractivity contribution in [1.82, 2.24) is 16.0 Å². The molecule has 0 aromatic heterocycles. The van der Waals surface area contributed by atoms with Gasteiger partial charge in [0.2, 0.25) is 0 Å². The minimum Gasteiger partial charge on any atom is -0.444 e. The summed E-state index contributed by atoms with van der Waals surface area (Å²) in [6, 6.07) is 0. The second-order valence-electron chi connectivity index (χ2n) is 7.86. The SMILES string of the molecule is CCC(CC)(CNC(=NC)NCC(C)(C)OC)NC(=O)OC(C)(C)C.I. The lowest BCUT2D eigenvalue weighted by Gasteiger charge is -2.34. The molecule has 0 atom stereocenters. The number of methoxy groups -OCH3 is 1. The average Bonchev–Trinajstić information content (AvgIpc) is 2.52. The lowest BCUT2D eigenvalue weighted by atomic mass is 9.93. The van der Waals surface area contributed by atoms with Crippen molar-refractivity contribution in [3.05, 3.63) is 0 Å². The first-order chi connectivity index (χ1) is 11.4. The first kappa shape index (κ1) is 27.4. The maximum atomic E-state index is 12.2. The molecule has 8 heteroatoms. The van der Waals surface area contributed by atoms with E-state index in [9.17, 15) is 4.79 Å². The van der Waals surface area contributed by atoms with Gasteiger partial charge in [0.05, 0.1) is 11.1 Å². The number of alkyl carbamates (subject to hydrolysis) is 1. The summed E-state index contributed by atoms with van der Waals surface area (Å²) >= 11 is 0. The Hall–Kier alpha value is -0.770. The van der Waals surface area contributed by atoms with Crippen molar-refractivity contribution in [2.45, 2.75) is 78.0 Å². The van der Waals surface area contributed by atoms with Gasteiger partial charge in [-0.15, -0.1) is 24.0 Å². The summed E-state index contributed by atoms with van der Waals surface area (Å²) in [6.45, 7) is 14.8. The van der Waals surface area contributed by atoms with Crippen molar-refractivity contribution in [2.75, 3.05) is 27.2 Å². The van der Waals surface area contributed by atoms with Crippen LogP contribution in [0.5, 0.6) is 0 Å². The van der Waals surface area contributed by atoms with E-state index in [4.69, 9.17) is 9.47 Å². The van der Waals surface area contributed by atoms with Crippen LogP contribution < -0.4 is 16.0 Å². The van der Waals surface area contributed by atoms with Crippen LogP contribution >= 0.6 is 24.0 Å². The van der Waals surface area contributed by atoms with Crippen LogP contribution in [0.1, 0.15) is 61.3 Å². The molecule has 7 nitrogen and oxygen atoms in total. The third kappa shape index (κ3) is 11.1. The number of aliphatic imine (C=N–C) groups is 1. The van der Waals surface area contributed by atoms with E-state index in [1.165, 1.54) is 0 Å². The fourth-order valence-electron chi connectivity index (χ4n) is 2.08. The summed E-state index contributed by atoms with van der Waals surface area (Å²) in [4.78, 5) is 16.4. The van der Waals surface area contributed by atoms with E-state index in [1.807, 2.05) is 48.5 Å². The van der Waals surface area contributed by atoms with E-state index < -0.39 is 17.2 Å². The molecule has 0 aliphatic rings. The van der Waals surface area contributed by atoms with Crippen LogP contribution in [0.4, 0.5) is 4.79 Å². The minimum absolute atomic E-state index is 0. The Labute approximate surface area is 176 Å². The van der Waals surface area contributed by atoms with Gasteiger partial charge in [-0.05, 0) is 47.5 Å². The van der Waals surface area contributed by atoms with Gasteiger partial charge < -0.3 is 25.4 Å². The van der Waals surface area contributed by atoms with Gasteiger partial charge in [0, 0.05) is 27.2 Å². The number of carbonyl (C=O) groups excluding carboxylic acids is 1. The van der Waals surface area contributed by atoms with Gasteiger partial charge in [0.1, 0.15) is 5.60 Å². The summed E-state index contributed by atoms with van der Waals surface area (Å²) in [6.07, 6.45) is 1.15. The number of guanidine groups is 1. The van der Waals surface area contributed by atoms with E-state index >= 15 is 0 Å². The van der Waals surface area contributed by atoms with Gasteiger partial charge in [-0.2, -0.15) is 0 Å². The number of nitrogens with one attached hydrogen (secondary N) is 3. The highest BCUT2D eigenvalue weighted by molar-refractivity contribution is 14.0. The van der Waals surface area contributed by atoms with Crippen LogP contribution in [0.3, 0.4) is 0 Å². The highest BCUT2D eigenvalue weighted by atomic mass is 127. The Morgan fingerprint density at radius 2 is 1.50 bits per heavy atom. The molecule has 0 fully saturated rings. The summed E-state index contributed by atoms with van der Waals surface area (Å²) in [7, 11) is 3.40. The summed E-state index contributed by atoms with van der Waals surface area (Å²) in [5.41, 5.74) is -1.22. The molecule has 0 saturated heterocycles. The molecule has 0 heterocycles. The zero-order valence-electron chi connectivity index (χ0n) is 17.9. The fraction of sp³-hybridized carbons (Fsp3) is 0.889. The van der Waals surface area contributed by atoms with Crippen LogP contribution in [0, 0.1) is 0 Å². The van der Waals surface area contributed by atoms with Gasteiger partial charge in [-0.1, -0.05) is 13.8 Å². The van der Waals surface area contributed by atoms with Gasteiger partial charge in [0.15, 0.2) is 5.96 Å². The Kier molecular flexibility index (Phi) is 12.5. The number of ether oxygens (including phenoxy) is 2. The number of amides is 1. The first-order valence-electron chi connectivity index (χ1n) is 8.93. The molecule has 0 radical (unpaired) electrons. The van der Waals surface area contributed by atoms with Crippen molar-refractivity contribution in [3.8, 4) is 0 Å². The van der Waals surface area contributed by atoms with Crippen LogP contribution in [0.2, 0.25) is 0 Å². The summed E-state index contributed by atoms with van der Waals surface area (Å²) in [5.74, 6) is 0.669. The topological polar surface area (TPSA) is 84.0 Å². The molecule has 0 rings (SSSR count). The molecule has 156 valence electrons. The Morgan fingerprint density at radius 3 is 1.88 bits per heavy atom. The van der Waals surface area contributed by atoms with E-state index in [0.29, 0.717) is 19.0 Å². The molecule has 0 bridgehead atoms. The molecule has 26 heavy (non-hydrogen) atoms. The third-order valence-corrected chi connectivity index (χ3v) is 4.17. The van der Waals surface area contributed by atoms with Gasteiger partial charge in [-0.25, -0.2) is 4.79 Å². The molecule has 0 aromatic carbocycles. The smallest absolute Gasteiger partial charge is 0.408 e. The zero-order chi connectivity index (χ0) is 19.7. The predicted octanol–water partition coefficient (Wildman–Crippen LogP) is 3.28. The largest absolute Gasteiger partial charge is 0.444 e. The Morgan fingerprint density at radius 1 is 1.00 bits per heavy atom. The van der Waals surface area contributed by atoms with E-state index in [2.05, 4.69) is 20.9 Å². The van der Waals surface area contributed by atoms with Crippen molar-refractivity contribution in [1.29, 1.82) is 0 Å². The van der Waals surface area contributed by atoms with Gasteiger partial charge >= 0.3 is 6.09 Å². The minimum atomic E-state index is -0.520. The maximum Gasteiger partial charge on any atom is 0.408 e. The molecule has 1 amide bonds. The molecular weight excluding hydrogens is 447 g/mol. The second kappa shape index (κ2) is 11.8. The number of carbonyl (C=O) groups is 1. The maximum absolute atomic E-state index is 12.2. The number of halogens is 1. The number of nitrogens with zero attached hydrogens (tertiary/aromatic N) is 1. The summed E-state index contributed by atoms with van der Waals surface area (Å²) < 4.78 is 10.8. The predicted molar refractivity (Wildman–Crippen MR) is 119 cm³/mol. The molecule has 0 aliphatic heterocycles. The number of rotatable bonds is 8. The Balaban J connectivity index is 0. The quantitative estimate of drug-likeness (QED) is 0.279. The number of hydrogen-bond donors (Lipinski definition) is 3. The monoisotopic (exact) mass is 486 g/mol. The first-order valence-corrected chi connectivity index (χ1v) is 8.93.